The van der Waals surface area contributed by atoms with Gasteiger partial charge in [0.1, 0.15) is 12.2 Å². The quantitative estimate of drug-likeness (QED) is 0.665. The van der Waals surface area contributed by atoms with Crippen molar-refractivity contribution in [1.29, 1.82) is 0 Å². The normalized spacial score (nSPS) is 17.8. The molecule has 31 heavy (non-hydrogen) atoms. The number of carbonyl (C=O) groups is 1. The van der Waals surface area contributed by atoms with Crippen LogP contribution in [0.25, 0.3) is 0 Å². The second kappa shape index (κ2) is 8.85. The minimum Gasteiger partial charge on any atom is -0.483 e. The third-order valence-electron chi connectivity index (χ3n) is 6.11. The predicted octanol–water partition coefficient (Wildman–Crippen LogP) is 5.06. The van der Waals surface area contributed by atoms with Gasteiger partial charge in [-0.25, -0.2) is 0 Å². The molecule has 0 radical (unpaired) electrons. The van der Waals surface area contributed by atoms with Crippen molar-refractivity contribution in [1.82, 2.24) is 5.32 Å². The number of amides is 1. The van der Waals surface area contributed by atoms with Gasteiger partial charge in [-0.3, -0.25) is 4.79 Å². The Labute approximate surface area is 189 Å². The van der Waals surface area contributed by atoms with Crippen molar-refractivity contribution >= 4 is 17.5 Å². The number of para-hydroxylation sites is 1. The van der Waals surface area contributed by atoms with E-state index in [-0.39, 0.29) is 18.1 Å². The summed E-state index contributed by atoms with van der Waals surface area (Å²) in [5.74, 6) is 7.57. The fourth-order valence-electron chi connectivity index (χ4n) is 4.62. The minimum atomic E-state index is -0.475. The van der Waals surface area contributed by atoms with E-state index in [2.05, 4.69) is 37.1 Å². The highest BCUT2D eigenvalue weighted by atomic mass is 35.5. The van der Waals surface area contributed by atoms with Crippen LogP contribution in [0.4, 0.5) is 0 Å². The lowest BCUT2D eigenvalue weighted by Gasteiger charge is -2.28. The molecule has 1 heterocycles. The number of carbonyl (C=O) groups excluding carboxylic acids is 1. The molecule has 2 aromatic carbocycles. The van der Waals surface area contributed by atoms with E-state index < -0.39 is 5.41 Å². The molecule has 1 fully saturated rings. The van der Waals surface area contributed by atoms with Gasteiger partial charge < -0.3 is 14.8 Å². The largest absolute Gasteiger partial charge is 0.483 e. The maximum atomic E-state index is 13.0. The van der Waals surface area contributed by atoms with Gasteiger partial charge in [0.2, 0.25) is 5.91 Å². The number of benzene rings is 2. The van der Waals surface area contributed by atoms with E-state index in [0.29, 0.717) is 17.3 Å². The molecule has 4 nitrogen and oxygen atoms in total. The number of nitrogens with one attached hydrogen (secondary N) is 1. The highest BCUT2D eigenvalue weighted by molar-refractivity contribution is 6.30. The lowest BCUT2D eigenvalue weighted by Crippen LogP contribution is -2.42. The lowest BCUT2D eigenvalue weighted by molar-refractivity contribution is -0.126. The SMILES string of the molecule is CC1(C)Cc2cccc(OCC#CCNC(=O)C3(c4ccc(Cl)cc4)CCCC3)c2O1. The molecule has 0 unspecified atom stereocenters. The van der Waals surface area contributed by atoms with Gasteiger partial charge in [0.15, 0.2) is 11.5 Å². The molecule has 0 aromatic heterocycles. The van der Waals surface area contributed by atoms with Gasteiger partial charge in [0.05, 0.1) is 12.0 Å². The molecule has 2 aromatic rings. The Morgan fingerprint density at radius 3 is 2.61 bits per heavy atom. The second-order valence-corrected chi connectivity index (χ2v) is 9.34. The van der Waals surface area contributed by atoms with Crippen molar-refractivity contribution in [2.24, 2.45) is 0 Å². The van der Waals surface area contributed by atoms with Crippen molar-refractivity contribution in [3.05, 3.63) is 58.6 Å². The van der Waals surface area contributed by atoms with Crippen molar-refractivity contribution in [2.75, 3.05) is 13.2 Å². The number of fused-ring (bicyclic) bond motifs is 1. The van der Waals surface area contributed by atoms with E-state index in [4.69, 9.17) is 21.1 Å². The van der Waals surface area contributed by atoms with Gasteiger partial charge >= 0.3 is 0 Å². The fraction of sp³-hybridized carbons (Fsp3) is 0.423. The third kappa shape index (κ3) is 4.67. The van der Waals surface area contributed by atoms with Crippen LogP contribution in [0.3, 0.4) is 0 Å². The summed E-state index contributed by atoms with van der Waals surface area (Å²) < 4.78 is 11.8. The maximum absolute atomic E-state index is 13.0. The number of ether oxygens (including phenoxy) is 2. The number of halogens is 1. The van der Waals surface area contributed by atoms with Gasteiger partial charge in [-0.05, 0) is 50.5 Å². The molecular weight excluding hydrogens is 410 g/mol. The van der Waals surface area contributed by atoms with Crippen molar-refractivity contribution in [3.63, 3.8) is 0 Å². The average Bonchev–Trinajstić information content (AvgIpc) is 3.35. The summed E-state index contributed by atoms with van der Waals surface area (Å²) in [6.45, 7) is 4.69. The first-order valence-electron chi connectivity index (χ1n) is 10.8. The molecule has 5 heteroatoms. The molecule has 162 valence electrons. The van der Waals surface area contributed by atoms with Crippen molar-refractivity contribution in [2.45, 2.75) is 57.0 Å². The zero-order valence-corrected chi connectivity index (χ0v) is 18.8. The molecule has 1 aliphatic carbocycles. The molecule has 1 aliphatic heterocycles. The minimum absolute atomic E-state index is 0.0408. The molecule has 2 aliphatic rings. The summed E-state index contributed by atoms with van der Waals surface area (Å²) in [4.78, 5) is 13.0. The zero-order chi connectivity index (χ0) is 21.9. The van der Waals surface area contributed by atoms with Crippen LogP contribution in [-0.4, -0.2) is 24.7 Å². The highest BCUT2D eigenvalue weighted by Gasteiger charge is 2.42. The lowest BCUT2D eigenvalue weighted by atomic mass is 9.78. The summed E-state index contributed by atoms with van der Waals surface area (Å²) in [7, 11) is 0. The van der Waals surface area contributed by atoms with Crippen LogP contribution in [0, 0.1) is 11.8 Å². The standard InChI is InChI=1S/C26H28ClNO3/c1-25(2)18-19-8-7-9-22(23(19)31-25)30-17-6-5-16-28-24(29)26(14-3-4-15-26)20-10-12-21(27)13-11-20/h7-13H,3-4,14-18H2,1-2H3,(H,28,29). The van der Waals surface area contributed by atoms with Gasteiger partial charge in [0, 0.05) is 17.0 Å². The predicted molar refractivity (Wildman–Crippen MR) is 123 cm³/mol. The Morgan fingerprint density at radius 2 is 1.87 bits per heavy atom. The van der Waals surface area contributed by atoms with Gasteiger partial charge in [-0.15, -0.1) is 0 Å². The fourth-order valence-corrected chi connectivity index (χ4v) is 4.74. The van der Waals surface area contributed by atoms with E-state index in [9.17, 15) is 4.79 Å². The van der Waals surface area contributed by atoms with E-state index >= 15 is 0 Å². The van der Waals surface area contributed by atoms with E-state index in [1.165, 1.54) is 0 Å². The molecule has 0 spiro atoms. The first-order chi connectivity index (χ1) is 14.9. The highest BCUT2D eigenvalue weighted by Crippen LogP contribution is 2.42. The monoisotopic (exact) mass is 437 g/mol. The Kier molecular flexibility index (Phi) is 6.16. The van der Waals surface area contributed by atoms with Crippen molar-refractivity contribution < 1.29 is 14.3 Å². The van der Waals surface area contributed by atoms with Crippen LogP contribution >= 0.6 is 11.6 Å². The zero-order valence-electron chi connectivity index (χ0n) is 18.1. The summed E-state index contributed by atoms with van der Waals surface area (Å²) in [5, 5.41) is 3.69. The molecule has 1 N–H and O–H groups in total. The number of rotatable bonds is 5. The van der Waals surface area contributed by atoms with Crippen LogP contribution < -0.4 is 14.8 Å². The van der Waals surface area contributed by atoms with Crippen molar-refractivity contribution in [3.8, 4) is 23.3 Å². The summed E-state index contributed by atoms with van der Waals surface area (Å²) in [6, 6.07) is 13.6. The Balaban J connectivity index is 1.32. The Morgan fingerprint density at radius 1 is 1.13 bits per heavy atom. The molecule has 1 amide bonds. The van der Waals surface area contributed by atoms with E-state index in [0.717, 1.165) is 49.0 Å². The van der Waals surface area contributed by atoms with Gasteiger partial charge in [-0.2, -0.15) is 0 Å². The van der Waals surface area contributed by atoms with Crippen LogP contribution in [0.15, 0.2) is 42.5 Å². The summed E-state index contributed by atoms with van der Waals surface area (Å²) >= 11 is 6.03. The average molecular weight is 438 g/mol. The molecule has 1 saturated carbocycles. The molecule has 4 rings (SSSR count). The smallest absolute Gasteiger partial charge is 0.231 e. The second-order valence-electron chi connectivity index (χ2n) is 8.90. The third-order valence-corrected chi connectivity index (χ3v) is 6.36. The number of hydrogen-bond donors (Lipinski definition) is 1. The van der Waals surface area contributed by atoms with Crippen LogP contribution in [0.2, 0.25) is 5.02 Å². The van der Waals surface area contributed by atoms with E-state index in [1.807, 2.05) is 36.4 Å². The Hall–Kier alpha value is -2.64. The van der Waals surface area contributed by atoms with Gasteiger partial charge in [0.25, 0.3) is 0 Å². The van der Waals surface area contributed by atoms with Crippen LogP contribution in [0.5, 0.6) is 11.5 Å². The Bertz CT molecular complexity index is 1010. The van der Waals surface area contributed by atoms with Crippen LogP contribution in [0.1, 0.15) is 50.7 Å². The topological polar surface area (TPSA) is 47.6 Å². The van der Waals surface area contributed by atoms with Crippen LogP contribution in [-0.2, 0) is 16.6 Å². The number of hydrogen-bond acceptors (Lipinski definition) is 3. The summed E-state index contributed by atoms with van der Waals surface area (Å²) in [6.07, 6.45) is 4.68. The molecule has 0 atom stereocenters. The molecule has 0 saturated heterocycles. The molecular formula is C26H28ClNO3. The first-order valence-corrected chi connectivity index (χ1v) is 11.2. The summed E-state index contributed by atoms with van der Waals surface area (Å²) in [5.41, 5.74) is 1.51. The first kappa shape index (κ1) is 21.6. The molecule has 0 bridgehead atoms. The van der Waals surface area contributed by atoms with Gasteiger partial charge in [-0.1, -0.05) is 60.5 Å². The maximum Gasteiger partial charge on any atom is 0.231 e. The van der Waals surface area contributed by atoms with E-state index in [1.54, 1.807) is 0 Å².